The molecule has 0 unspecified atom stereocenters. The topological polar surface area (TPSA) is 80.4 Å². The highest BCUT2D eigenvalue weighted by Gasteiger charge is 2.13. The summed E-state index contributed by atoms with van der Waals surface area (Å²) in [5, 5.41) is 19.3. The van der Waals surface area contributed by atoms with Crippen molar-refractivity contribution in [1.82, 2.24) is 0 Å². The predicted octanol–water partition coefficient (Wildman–Crippen LogP) is 2.33. The van der Waals surface area contributed by atoms with Crippen molar-refractivity contribution in [2.75, 3.05) is 0 Å². The van der Waals surface area contributed by atoms with Crippen LogP contribution in [-0.4, -0.2) is 16.0 Å². The molecule has 5 nitrogen and oxygen atoms in total. The summed E-state index contributed by atoms with van der Waals surface area (Å²) in [4.78, 5) is 20.7. The van der Waals surface area contributed by atoms with Crippen LogP contribution in [0.3, 0.4) is 0 Å². The quantitative estimate of drug-likeness (QED) is 0.609. The van der Waals surface area contributed by atoms with Gasteiger partial charge in [0.25, 0.3) is 5.69 Å². The van der Waals surface area contributed by atoms with E-state index < -0.39 is 10.9 Å². The lowest BCUT2D eigenvalue weighted by Gasteiger charge is -1.99. The summed E-state index contributed by atoms with van der Waals surface area (Å²) in [6.07, 6.45) is 3.12. The molecule has 1 aromatic carbocycles. The number of nitro benzene ring substituents is 1. The van der Waals surface area contributed by atoms with Gasteiger partial charge < -0.3 is 5.11 Å². The number of hydrogen-bond acceptors (Lipinski definition) is 3. The van der Waals surface area contributed by atoms with Gasteiger partial charge >= 0.3 is 5.97 Å². The zero-order valence-corrected chi connectivity index (χ0v) is 8.01. The van der Waals surface area contributed by atoms with Crippen LogP contribution in [0.15, 0.2) is 24.3 Å². The van der Waals surface area contributed by atoms with Crippen molar-refractivity contribution in [2.45, 2.75) is 6.92 Å². The molecule has 1 aromatic rings. The Morgan fingerprint density at radius 1 is 1.53 bits per heavy atom. The van der Waals surface area contributed by atoms with E-state index in [4.69, 9.17) is 5.11 Å². The third-order valence-corrected chi connectivity index (χ3v) is 1.82. The molecular formula is C10H9NO4. The number of nitrogens with zero attached hydrogens (tertiary/aromatic N) is 1. The van der Waals surface area contributed by atoms with E-state index in [1.54, 1.807) is 13.0 Å². The van der Waals surface area contributed by atoms with Gasteiger partial charge in [-0.1, -0.05) is 12.2 Å². The third kappa shape index (κ3) is 2.40. The average molecular weight is 207 g/mol. The number of allylic oxidation sites excluding steroid dienone is 1. The lowest BCUT2D eigenvalue weighted by molar-refractivity contribution is -0.385. The Morgan fingerprint density at radius 3 is 2.67 bits per heavy atom. The summed E-state index contributed by atoms with van der Waals surface area (Å²) in [5.74, 6) is -1.10. The van der Waals surface area contributed by atoms with E-state index in [1.807, 2.05) is 0 Å². The maximum Gasteiger partial charge on any atom is 0.335 e. The van der Waals surface area contributed by atoms with E-state index in [-0.39, 0.29) is 11.3 Å². The predicted molar refractivity (Wildman–Crippen MR) is 54.8 cm³/mol. The van der Waals surface area contributed by atoms with Crippen molar-refractivity contribution < 1.29 is 14.8 Å². The fourth-order valence-corrected chi connectivity index (χ4v) is 1.17. The highest BCUT2D eigenvalue weighted by Crippen LogP contribution is 2.21. The first-order chi connectivity index (χ1) is 7.06. The highest BCUT2D eigenvalue weighted by molar-refractivity contribution is 5.89. The molecular weight excluding hydrogens is 198 g/mol. The first kappa shape index (κ1) is 10.9. The molecule has 0 atom stereocenters. The fraction of sp³-hybridized carbons (Fsp3) is 0.100. The monoisotopic (exact) mass is 207 g/mol. The lowest BCUT2D eigenvalue weighted by Crippen LogP contribution is -1.99. The van der Waals surface area contributed by atoms with E-state index in [1.165, 1.54) is 24.3 Å². The molecule has 0 aliphatic carbocycles. The number of carboxylic acids is 1. The molecule has 0 saturated heterocycles. The molecule has 0 bridgehead atoms. The molecule has 0 heterocycles. The number of carboxylic acid groups (broad SMARTS) is 1. The minimum Gasteiger partial charge on any atom is -0.478 e. The summed E-state index contributed by atoms with van der Waals surface area (Å²) >= 11 is 0. The van der Waals surface area contributed by atoms with E-state index >= 15 is 0 Å². The lowest BCUT2D eigenvalue weighted by atomic mass is 10.1. The van der Waals surface area contributed by atoms with Gasteiger partial charge in [0.15, 0.2) is 0 Å². The van der Waals surface area contributed by atoms with Gasteiger partial charge in [-0.15, -0.1) is 0 Å². The van der Waals surface area contributed by atoms with Gasteiger partial charge in [-0.3, -0.25) is 10.1 Å². The SMILES string of the molecule is C/C=C/c1cc(C(=O)O)ccc1[N+](=O)[O-]. The Bertz CT molecular complexity index is 437. The maximum absolute atomic E-state index is 10.6. The Kier molecular flexibility index (Phi) is 3.17. The van der Waals surface area contributed by atoms with Gasteiger partial charge in [0.1, 0.15) is 0 Å². The molecule has 0 radical (unpaired) electrons. The summed E-state index contributed by atoms with van der Waals surface area (Å²) in [6.45, 7) is 1.71. The molecule has 0 aliphatic heterocycles. The van der Waals surface area contributed by atoms with Gasteiger partial charge in [0.05, 0.1) is 16.1 Å². The molecule has 15 heavy (non-hydrogen) atoms. The molecule has 0 aliphatic rings. The summed E-state index contributed by atoms with van der Waals surface area (Å²) in [5.41, 5.74) is 0.231. The summed E-state index contributed by atoms with van der Waals surface area (Å²) in [7, 11) is 0. The van der Waals surface area contributed by atoms with E-state index in [0.717, 1.165) is 0 Å². The van der Waals surface area contributed by atoms with Crippen molar-refractivity contribution in [3.63, 3.8) is 0 Å². The minimum atomic E-state index is -1.10. The number of hydrogen-bond donors (Lipinski definition) is 1. The van der Waals surface area contributed by atoms with Gasteiger partial charge in [-0.25, -0.2) is 4.79 Å². The van der Waals surface area contributed by atoms with Gasteiger partial charge in [0.2, 0.25) is 0 Å². The van der Waals surface area contributed by atoms with Crippen LogP contribution in [0, 0.1) is 10.1 Å². The standard InChI is InChI=1S/C10H9NO4/c1-2-3-7-6-8(10(12)13)4-5-9(7)11(14)15/h2-6H,1H3,(H,12,13)/b3-2+. The number of rotatable bonds is 3. The van der Waals surface area contributed by atoms with E-state index in [0.29, 0.717) is 5.56 Å². The largest absolute Gasteiger partial charge is 0.478 e. The van der Waals surface area contributed by atoms with Gasteiger partial charge in [-0.05, 0) is 19.1 Å². The fourth-order valence-electron chi connectivity index (χ4n) is 1.17. The highest BCUT2D eigenvalue weighted by atomic mass is 16.6. The van der Waals surface area contributed by atoms with Crippen molar-refractivity contribution in [2.24, 2.45) is 0 Å². The molecule has 0 amide bonds. The van der Waals surface area contributed by atoms with Gasteiger partial charge in [0, 0.05) is 6.07 Å². The van der Waals surface area contributed by atoms with Gasteiger partial charge in [-0.2, -0.15) is 0 Å². The zero-order valence-electron chi connectivity index (χ0n) is 8.01. The second-order valence-electron chi connectivity index (χ2n) is 2.84. The number of carbonyl (C=O) groups is 1. The third-order valence-electron chi connectivity index (χ3n) is 1.82. The van der Waals surface area contributed by atoms with Crippen LogP contribution < -0.4 is 0 Å². The Hall–Kier alpha value is -2.17. The number of aromatic carboxylic acids is 1. The van der Waals surface area contributed by atoms with Crippen LogP contribution in [0.5, 0.6) is 0 Å². The first-order valence-electron chi connectivity index (χ1n) is 4.20. The van der Waals surface area contributed by atoms with Crippen molar-refractivity contribution in [3.8, 4) is 0 Å². The normalized spacial score (nSPS) is 10.5. The van der Waals surface area contributed by atoms with Crippen molar-refractivity contribution >= 4 is 17.7 Å². The summed E-state index contributed by atoms with van der Waals surface area (Å²) in [6, 6.07) is 3.69. The molecule has 0 fully saturated rings. The molecule has 0 aromatic heterocycles. The van der Waals surface area contributed by atoms with Crippen molar-refractivity contribution in [1.29, 1.82) is 0 Å². The van der Waals surface area contributed by atoms with E-state index in [9.17, 15) is 14.9 Å². The summed E-state index contributed by atoms with van der Waals surface area (Å²) < 4.78 is 0. The Labute approximate surface area is 85.8 Å². The number of benzene rings is 1. The molecule has 1 N–H and O–H groups in total. The molecule has 78 valence electrons. The Balaban J connectivity index is 3.32. The Morgan fingerprint density at radius 2 is 2.20 bits per heavy atom. The van der Waals surface area contributed by atoms with E-state index in [2.05, 4.69) is 0 Å². The second kappa shape index (κ2) is 4.36. The molecule has 0 spiro atoms. The van der Waals surface area contributed by atoms with Crippen LogP contribution in [-0.2, 0) is 0 Å². The minimum absolute atomic E-state index is 0.0358. The smallest absolute Gasteiger partial charge is 0.335 e. The van der Waals surface area contributed by atoms with Crippen molar-refractivity contribution in [3.05, 3.63) is 45.5 Å². The second-order valence-corrected chi connectivity index (χ2v) is 2.84. The van der Waals surface area contributed by atoms with Crippen LogP contribution >= 0.6 is 0 Å². The molecule has 1 rings (SSSR count). The maximum atomic E-state index is 10.6. The zero-order chi connectivity index (χ0) is 11.4. The molecule has 0 saturated carbocycles. The van der Waals surface area contributed by atoms with Crippen LogP contribution in [0.2, 0.25) is 0 Å². The van der Waals surface area contributed by atoms with Crippen LogP contribution in [0.25, 0.3) is 6.08 Å². The van der Waals surface area contributed by atoms with Crippen LogP contribution in [0.4, 0.5) is 5.69 Å². The van der Waals surface area contributed by atoms with Crippen LogP contribution in [0.1, 0.15) is 22.8 Å². The average Bonchev–Trinajstić information content (AvgIpc) is 2.17. The first-order valence-corrected chi connectivity index (χ1v) is 4.20. The number of nitro groups is 1. The molecule has 5 heteroatoms.